The number of phenols is 1. The monoisotopic (exact) mass is 427 g/mol. The first-order chi connectivity index (χ1) is 14.3. The molecule has 2 aromatic rings. The van der Waals surface area contributed by atoms with Crippen LogP contribution in [0, 0.1) is 20.8 Å². The molecule has 0 aromatic heterocycles. The van der Waals surface area contributed by atoms with Crippen molar-refractivity contribution in [2.75, 3.05) is 6.61 Å². The molecular weight excluding hydrogens is 402 g/mol. The van der Waals surface area contributed by atoms with Crippen molar-refractivity contribution in [2.24, 2.45) is 0 Å². The van der Waals surface area contributed by atoms with Crippen molar-refractivity contribution < 1.29 is 24.2 Å². The van der Waals surface area contributed by atoms with E-state index < -0.39 is 0 Å². The van der Waals surface area contributed by atoms with Gasteiger partial charge in [0.1, 0.15) is 30.0 Å². The highest BCUT2D eigenvalue weighted by Gasteiger charge is 2.31. The summed E-state index contributed by atoms with van der Waals surface area (Å²) in [6.45, 7) is 6.26. The summed E-state index contributed by atoms with van der Waals surface area (Å²) in [4.78, 5) is 23.0. The zero-order valence-electron chi connectivity index (χ0n) is 17.3. The molecule has 2 aliphatic heterocycles. The van der Waals surface area contributed by atoms with E-state index in [1.54, 1.807) is 0 Å². The Kier molecular flexibility index (Phi) is 5.64. The van der Waals surface area contributed by atoms with Gasteiger partial charge < -0.3 is 14.6 Å². The zero-order valence-corrected chi connectivity index (χ0v) is 18.1. The zero-order chi connectivity index (χ0) is 21.4. The first-order valence-electron chi connectivity index (χ1n) is 10.0. The Morgan fingerprint density at radius 3 is 2.53 bits per heavy atom. The van der Waals surface area contributed by atoms with Crippen LogP contribution in [0.5, 0.6) is 17.2 Å². The molecule has 4 rings (SSSR count). The highest BCUT2D eigenvalue weighted by atomic mass is 32.2. The molecule has 2 amide bonds. The molecular formula is C23H25NO5S. The number of rotatable bonds is 5. The summed E-state index contributed by atoms with van der Waals surface area (Å²) >= 11 is 1.04. The fraction of sp³-hybridized carbons (Fsp3) is 0.391. The summed E-state index contributed by atoms with van der Waals surface area (Å²) in [5.41, 5.74) is 4.81. The first kappa shape index (κ1) is 20.6. The molecule has 2 unspecified atom stereocenters. The molecule has 0 radical (unpaired) electrons. The number of fused-ring (bicyclic) bond motifs is 1. The highest BCUT2D eigenvalue weighted by Crippen LogP contribution is 2.40. The van der Waals surface area contributed by atoms with E-state index in [2.05, 4.69) is 5.32 Å². The molecule has 6 nitrogen and oxygen atoms in total. The van der Waals surface area contributed by atoms with E-state index in [-0.39, 0.29) is 22.5 Å². The number of ether oxygens (including phenoxy) is 2. The van der Waals surface area contributed by atoms with E-state index in [9.17, 15) is 14.7 Å². The molecule has 0 aliphatic carbocycles. The predicted octanol–water partition coefficient (Wildman–Crippen LogP) is 3.98. The topological polar surface area (TPSA) is 84.9 Å². The third-order valence-corrected chi connectivity index (χ3v) is 6.87. The number of hydrogen-bond acceptors (Lipinski definition) is 6. The van der Waals surface area contributed by atoms with Gasteiger partial charge in [0.25, 0.3) is 5.24 Å². The Morgan fingerprint density at radius 1 is 1.13 bits per heavy atom. The van der Waals surface area contributed by atoms with Crippen LogP contribution >= 0.6 is 11.8 Å². The average Bonchev–Trinajstić information content (AvgIpc) is 3.06. The van der Waals surface area contributed by atoms with Crippen LogP contribution in [0.25, 0.3) is 0 Å². The summed E-state index contributed by atoms with van der Waals surface area (Å²) in [6, 6.07) is 7.59. The van der Waals surface area contributed by atoms with E-state index in [0.29, 0.717) is 18.8 Å². The Morgan fingerprint density at radius 2 is 1.87 bits per heavy atom. The quantitative estimate of drug-likeness (QED) is 0.751. The lowest BCUT2D eigenvalue weighted by atomic mass is 9.92. The van der Waals surface area contributed by atoms with Gasteiger partial charge in [-0.25, -0.2) is 0 Å². The van der Waals surface area contributed by atoms with Crippen LogP contribution in [0.4, 0.5) is 4.79 Å². The molecule has 1 saturated heterocycles. The predicted molar refractivity (Wildman–Crippen MR) is 116 cm³/mol. The lowest BCUT2D eigenvalue weighted by Crippen LogP contribution is -2.30. The average molecular weight is 428 g/mol. The van der Waals surface area contributed by atoms with Crippen molar-refractivity contribution in [1.82, 2.24) is 5.32 Å². The highest BCUT2D eigenvalue weighted by molar-refractivity contribution is 8.15. The van der Waals surface area contributed by atoms with E-state index in [1.807, 2.05) is 45.0 Å². The van der Waals surface area contributed by atoms with Crippen LogP contribution < -0.4 is 14.8 Å². The first-order valence-corrected chi connectivity index (χ1v) is 10.9. The number of aromatic hydroxyl groups is 1. The minimum atomic E-state index is -0.366. The SMILES string of the molecule is Cc1c(C)c2c(c(C)c1O)CCC(COc1ccc(CC3SC(=O)NC3=O)cc1)O2. The summed E-state index contributed by atoms with van der Waals surface area (Å²) in [5.74, 6) is 1.75. The Bertz CT molecular complexity index is 1000. The van der Waals surface area contributed by atoms with Gasteiger partial charge in [-0.05, 0) is 74.4 Å². The largest absolute Gasteiger partial charge is 0.507 e. The molecule has 1 fully saturated rings. The van der Waals surface area contributed by atoms with Gasteiger partial charge in [0.2, 0.25) is 5.91 Å². The van der Waals surface area contributed by atoms with E-state index in [4.69, 9.17) is 9.47 Å². The second kappa shape index (κ2) is 8.22. The molecule has 0 saturated carbocycles. The molecule has 30 heavy (non-hydrogen) atoms. The van der Waals surface area contributed by atoms with Crippen LogP contribution in [0.3, 0.4) is 0 Å². The molecule has 158 valence electrons. The van der Waals surface area contributed by atoms with Crippen LogP contribution in [0.1, 0.15) is 34.2 Å². The maximum atomic E-state index is 11.7. The number of imide groups is 1. The number of amides is 2. The fourth-order valence-corrected chi connectivity index (χ4v) is 4.79. The van der Waals surface area contributed by atoms with Crippen LogP contribution in [-0.2, 0) is 17.6 Å². The summed E-state index contributed by atoms with van der Waals surface area (Å²) in [5, 5.41) is 11.9. The molecule has 0 bridgehead atoms. The van der Waals surface area contributed by atoms with Crippen molar-refractivity contribution in [3.05, 3.63) is 52.1 Å². The fourth-order valence-electron chi connectivity index (χ4n) is 3.93. The van der Waals surface area contributed by atoms with Crippen molar-refractivity contribution in [3.63, 3.8) is 0 Å². The normalized spacial score (nSPS) is 20.5. The number of carbonyl (C=O) groups excluding carboxylic acids is 2. The molecule has 2 aromatic carbocycles. The van der Waals surface area contributed by atoms with Gasteiger partial charge in [0.15, 0.2) is 0 Å². The van der Waals surface area contributed by atoms with Gasteiger partial charge in [-0.1, -0.05) is 23.9 Å². The Labute approximate surface area is 180 Å². The smallest absolute Gasteiger partial charge is 0.286 e. The molecule has 7 heteroatoms. The van der Waals surface area contributed by atoms with Gasteiger partial charge in [-0.15, -0.1) is 0 Å². The molecule has 2 aliphatic rings. The maximum Gasteiger partial charge on any atom is 0.286 e. The Balaban J connectivity index is 1.36. The van der Waals surface area contributed by atoms with Crippen LogP contribution in [0.2, 0.25) is 0 Å². The standard InChI is InChI=1S/C23H25NO5S/c1-12-13(2)21-18(14(3)20(12)25)9-8-17(29-21)11-28-16-6-4-15(5-7-16)10-19-22(26)24-23(27)30-19/h4-7,17,19,25H,8-11H2,1-3H3,(H,24,26,27). The maximum absolute atomic E-state index is 11.7. The minimum absolute atomic E-state index is 0.0520. The van der Waals surface area contributed by atoms with Crippen molar-refractivity contribution in [2.45, 2.75) is 51.4 Å². The summed E-state index contributed by atoms with van der Waals surface area (Å²) in [6.07, 6.45) is 2.14. The lowest BCUT2D eigenvalue weighted by Gasteiger charge is -2.30. The van der Waals surface area contributed by atoms with Gasteiger partial charge in [-0.2, -0.15) is 0 Å². The number of benzene rings is 2. The Hall–Kier alpha value is -2.67. The summed E-state index contributed by atoms with van der Waals surface area (Å²) < 4.78 is 12.2. The van der Waals surface area contributed by atoms with Crippen LogP contribution in [0.15, 0.2) is 24.3 Å². The summed E-state index contributed by atoms with van der Waals surface area (Å²) in [7, 11) is 0. The molecule has 2 N–H and O–H groups in total. The number of carbonyl (C=O) groups is 2. The third kappa shape index (κ3) is 3.99. The van der Waals surface area contributed by atoms with Crippen molar-refractivity contribution >= 4 is 22.9 Å². The van der Waals surface area contributed by atoms with Crippen LogP contribution in [-0.4, -0.2) is 34.2 Å². The second-order valence-corrected chi connectivity index (χ2v) is 9.03. The van der Waals surface area contributed by atoms with Crippen molar-refractivity contribution in [1.29, 1.82) is 0 Å². The minimum Gasteiger partial charge on any atom is -0.507 e. The van der Waals surface area contributed by atoms with Gasteiger partial charge in [0.05, 0.1) is 5.25 Å². The van der Waals surface area contributed by atoms with E-state index in [1.165, 1.54) is 0 Å². The van der Waals surface area contributed by atoms with E-state index >= 15 is 0 Å². The molecule has 0 spiro atoms. The van der Waals surface area contributed by atoms with Gasteiger partial charge >= 0.3 is 0 Å². The number of phenolic OH excluding ortho intramolecular Hbond substituents is 1. The lowest BCUT2D eigenvalue weighted by molar-refractivity contribution is -0.118. The van der Waals surface area contributed by atoms with Crippen molar-refractivity contribution in [3.8, 4) is 17.2 Å². The molecule has 2 heterocycles. The van der Waals surface area contributed by atoms with Gasteiger partial charge in [-0.3, -0.25) is 14.9 Å². The molecule has 2 atom stereocenters. The number of hydrogen-bond donors (Lipinski definition) is 2. The number of nitrogens with one attached hydrogen (secondary N) is 1. The van der Waals surface area contributed by atoms with Gasteiger partial charge in [0, 0.05) is 5.56 Å². The number of thioether (sulfide) groups is 1. The van der Waals surface area contributed by atoms with E-state index in [0.717, 1.165) is 63.9 Å². The second-order valence-electron chi connectivity index (χ2n) is 7.85. The third-order valence-electron chi connectivity index (χ3n) is 5.89.